The average molecular weight is 431 g/mol. The van der Waals surface area contributed by atoms with Crippen molar-refractivity contribution in [2.75, 3.05) is 38.2 Å². The first-order chi connectivity index (χ1) is 15.0. The zero-order chi connectivity index (χ0) is 22.1. The number of amides is 1. The lowest BCUT2D eigenvalue weighted by molar-refractivity contribution is -0.148. The van der Waals surface area contributed by atoms with Crippen LogP contribution in [0.4, 0.5) is 5.69 Å². The summed E-state index contributed by atoms with van der Waals surface area (Å²) in [5.41, 5.74) is 0.118. The molecule has 1 aliphatic carbocycles. The second-order valence-electron chi connectivity index (χ2n) is 9.75. The molecule has 174 valence electrons. The molecule has 1 aromatic rings. The molecule has 0 radical (unpaired) electrons. The van der Waals surface area contributed by atoms with E-state index in [1.807, 2.05) is 24.3 Å². The van der Waals surface area contributed by atoms with Gasteiger partial charge in [-0.15, -0.1) is 0 Å². The summed E-state index contributed by atoms with van der Waals surface area (Å²) >= 11 is 0. The molecule has 2 fully saturated rings. The van der Waals surface area contributed by atoms with Gasteiger partial charge in [-0.05, 0) is 94.1 Å². The van der Waals surface area contributed by atoms with Crippen LogP contribution >= 0.6 is 0 Å². The van der Waals surface area contributed by atoms with Crippen molar-refractivity contribution < 1.29 is 14.3 Å². The Labute approximate surface area is 188 Å². The molecule has 1 N–H and O–H groups in total. The second kappa shape index (κ2) is 11.9. The van der Waals surface area contributed by atoms with Crippen LogP contribution < -0.4 is 10.1 Å². The number of benzene rings is 1. The Hall–Kier alpha value is -1.59. The molecule has 2 unspecified atom stereocenters. The third-order valence-electron chi connectivity index (χ3n) is 6.83. The molecular formula is C26H42N2O3. The SMILES string of the molecule is CCCOC1(C(=O)Nc2ccc(OCCCN3CCC(C)CC3)cc2)CCCC(C)C1. The first-order valence-electron chi connectivity index (χ1n) is 12.4. The second-order valence-corrected chi connectivity index (χ2v) is 9.75. The Kier molecular flexibility index (Phi) is 9.21. The average Bonchev–Trinajstić information content (AvgIpc) is 2.77. The smallest absolute Gasteiger partial charge is 0.256 e. The van der Waals surface area contributed by atoms with Crippen LogP contribution in [0.1, 0.15) is 72.1 Å². The van der Waals surface area contributed by atoms with Gasteiger partial charge < -0.3 is 19.7 Å². The number of piperidine rings is 1. The minimum absolute atomic E-state index is 0.00276. The van der Waals surface area contributed by atoms with Crippen LogP contribution in [-0.4, -0.2) is 49.3 Å². The lowest BCUT2D eigenvalue weighted by atomic mass is 9.78. The fourth-order valence-electron chi connectivity index (χ4n) is 4.85. The van der Waals surface area contributed by atoms with Crippen molar-refractivity contribution in [2.24, 2.45) is 11.8 Å². The highest BCUT2D eigenvalue weighted by atomic mass is 16.5. The van der Waals surface area contributed by atoms with E-state index in [4.69, 9.17) is 9.47 Å². The lowest BCUT2D eigenvalue weighted by Gasteiger charge is -2.38. The first-order valence-corrected chi connectivity index (χ1v) is 12.4. The monoisotopic (exact) mass is 430 g/mol. The molecule has 3 rings (SSSR count). The number of anilines is 1. The van der Waals surface area contributed by atoms with E-state index in [1.165, 1.54) is 32.4 Å². The molecule has 0 spiro atoms. The third kappa shape index (κ3) is 7.21. The van der Waals surface area contributed by atoms with Gasteiger partial charge in [0.25, 0.3) is 5.91 Å². The molecule has 1 amide bonds. The standard InChI is InChI=1S/C26H42N2O3/c1-4-18-31-26(14-5-7-22(3)20-26)25(29)27-23-8-10-24(11-9-23)30-19-6-15-28-16-12-21(2)13-17-28/h8-11,21-22H,4-7,12-20H2,1-3H3,(H,27,29). The normalized spacial score (nSPS) is 25.3. The van der Waals surface area contributed by atoms with Crippen molar-refractivity contribution in [3.8, 4) is 5.75 Å². The molecule has 5 nitrogen and oxygen atoms in total. The summed E-state index contributed by atoms with van der Waals surface area (Å²) in [5, 5.41) is 3.10. The predicted molar refractivity (Wildman–Crippen MR) is 127 cm³/mol. The molecule has 2 atom stereocenters. The molecule has 0 aromatic heterocycles. The topological polar surface area (TPSA) is 50.8 Å². The molecule has 1 heterocycles. The fourth-order valence-corrected chi connectivity index (χ4v) is 4.85. The van der Waals surface area contributed by atoms with E-state index < -0.39 is 5.60 Å². The number of rotatable bonds is 10. The summed E-state index contributed by atoms with van der Waals surface area (Å²) < 4.78 is 12.0. The highest BCUT2D eigenvalue weighted by Crippen LogP contribution is 2.36. The predicted octanol–water partition coefficient (Wildman–Crippen LogP) is 5.50. The number of nitrogens with one attached hydrogen (secondary N) is 1. The lowest BCUT2D eigenvalue weighted by Crippen LogP contribution is -2.48. The minimum Gasteiger partial charge on any atom is -0.494 e. The number of nitrogens with zero attached hydrogens (tertiary/aromatic N) is 1. The number of likely N-dealkylation sites (tertiary alicyclic amines) is 1. The molecule has 1 saturated carbocycles. The number of carbonyl (C=O) groups is 1. The van der Waals surface area contributed by atoms with E-state index in [1.54, 1.807) is 0 Å². The highest BCUT2D eigenvalue weighted by Gasteiger charge is 2.42. The van der Waals surface area contributed by atoms with Crippen LogP contribution in [0.2, 0.25) is 0 Å². The molecule has 2 aliphatic rings. The number of ether oxygens (including phenoxy) is 2. The van der Waals surface area contributed by atoms with Crippen LogP contribution in [0.25, 0.3) is 0 Å². The molecule has 5 heteroatoms. The van der Waals surface area contributed by atoms with E-state index in [2.05, 4.69) is 31.0 Å². The Balaban J connectivity index is 1.45. The van der Waals surface area contributed by atoms with E-state index >= 15 is 0 Å². The van der Waals surface area contributed by atoms with Gasteiger partial charge in [0, 0.05) is 18.8 Å². The summed E-state index contributed by atoms with van der Waals surface area (Å²) in [5.74, 6) is 2.24. The zero-order valence-electron chi connectivity index (χ0n) is 19.8. The van der Waals surface area contributed by atoms with Gasteiger partial charge in [-0.2, -0.15) is 0 Å². The zero-order valence-corrected chi connectivity index (χ0v) is 19.8. The molecule has 1 saturated heterocycles. The fraction of sp³-hybridized carbons (Fsp3) is 0.731. The molecule has 31 heavy (non-hydrogen) atoms. The molecule has 0 bridgehead atoms. The van der Waals surface area contributed by atoms with E-state index in [0.29, 0.717) is 12.5 Å². The maximum atomic E-state index is 13.1. The maximum Gasteiger partial charge on any atom is 0.256 e. The largest absolute Gasteiger partial charge is 0.494 e. The summed E-state index contributed by atoms with van der Waals surface area (Å²) in [6.07, 6.45) is 8.43. The van der Waals surface area contributed by atoms with E-state index in [9.17, 15) is 4.79 Å². The number of hydrogen-bond donors (Lipinski definition) is 1. The van der Waals surface area contributed by atoms with Crippen molar-refractivity contribution in [1.29, 1.82) is 0 Å². The van der Waals surface area contributed by atoms with Gasteiger partial charge in [0.15, 0.2) is 0 Å². The van der Waals surface area contributed by atoms with Crippen molar-refractivity contribution in [1.82, 2.24) is 4.90 Å². The van der Waals surface area contributed by atoms with Crippen LogP contribution in [0.3, 0.4) is 0 Å². The molecular weight excluding hydrogens is 388 g/mol. The van der Waals surface area contributed by atoms with E-state index in [0.717, 1.165) is 62.6 Å². The van der Waals surface area contributed by atoms with Crippen LogP contribution in [-0.2, 0) is 9.53 Å². The van der Waals surface area contributed by atoms with Crippen molar-refractivity contribution >= 4 is 11.6 Å². The van der Waals surface area contributed by atoms with Gasteiger partial charge in [-0.3, -0.25) is 4.79 Å². The summed E-state index contributed by atoms with van der Waals surface area (Å²) in [4.78, 5) is 15.7. The number of carbonyl (C=O) groups excluding carboxylic acids is 1. The summed E-state index contributed by atoms with van der Waals surface area (Å²) in [7, 11) is 0. The number of hydrogen-bond acceptors (Lipinski definition) is 4. The Morgan fingerprint density at radius 1 is 1.10 bits per heavy atom. The minimum atomic E-state index is -0.685. The van der Waals surface area contributed by atoms with Gasteiger partial charge in [0.1, 0.15) is 11.4 Å². The Morgan fingerprint density at radius 2 is 1.84 bits per heavy atom. The third-order valence-corrected chi connectivity index (χ3v) is 6.83. The van der Waals surface area contributed by atoms with Crippen LogP contribution in [0, 0.1) is 11.8 Å². The van der Waals surface area contributed by atoms with Gasteiger partial charge in [0.05, 0.1) is 6.61 Å². The molecule has 1 aliphatic heterocycles. The maximum absolute atomic E-state index is 13.1. The van der Waals surface area contributed by atoms with Crippen molar-refractivity contribution in [2.45, 2.75) is 77.7 Å². The summed E-state index contributed by atoms with van der Waals surface area (Å²) in [6, 6.07) is 7.75. The van der Waals surface area contributed by atoms with Gasteiger partial charge in [-0.25, -0.2) is 0 Å². The van der Waals surface area contributed by atoms with Crippen molar-refractivity contribution in [3.63, 3.8) is 0 Å². The van der Waals surface area contributed by atoms with E-state index in [-0.39, 0.29) is 5.91 Å². The van der Waals surface area contributed by atoms with Gasteiger partial charge in [-0.1, -0.05) is 27.2 Å². The van der Waals surface area contributed by atoms with Gasteiger partial charge in [0.2, 0.25) is 0 Å². The quantitative estimate of drug-likeness (QED) is 0.498. The van der Waals surface area contributed by atoms with Gasteiger partial charge >= 0.3 is 0 Å². The first kappa shape index (κ1) is 24.1. The molecule has 1 aromatic carbocycles. The van der Waals surface area contributed by atoms with Crippen LogP contribution in [0.15, 0.2) is 24.3 Å². The van der Waals surface area contributed by atoms with Crippen molar-refractivity contribution in [3.05, 3.63) is 24.3 Å². The summed E-state index contributed by atoms with van der Waals surface area (Å²) in [6.45, 7) is 11.6. The Bertz CT molecular complexity index is 670. The Morgan fingerprint density at radius 3 is 2.52 bits per heavy atom. The van der Waals surface area contributed by atoms with Crippen LogP contribution in [0.5, 0.6) is 5.75 Å². The highest BCUT2D eigenvalue weighted by molar-refractivity contribution is 5.97.